The maximum absolute atomic E-state index is 5.60. The zero-order valence-corrected chi connectivity index (χ0v) is 9.89. The van der Waals surface area contributed by atoms with Gasteiger partial charge in [0, 0.05) is 5.56 Å². The van der Waals surface area contributed by atoms with Crippen molar-refractivity contribution in [2.75, 3.05) is 12.3 Å². The normalized spacial score (nSPS) is 10.2. The lowest BCUT2D eigenvalue weighted by atomic mass is 10.1. The molecular weight excluding hydrogens is 212 g/mol. The summed E-state index contributed by atoms with van der Waals surface area (Å²) in [6, 6.07) is 11.7. The monoisotopic (exact) mass is 228 g/mol. The molecule has 0 radical (unpaired) electrons. The van der Waals surface area contributed by atoms with Crippen LogP contribution in [0.5, 0.6) is 5.75 Å². The van der Waals surface area contributed by atoms with Crippen molar-refractivity contribution in [2.24, 2.45) is 0 Å². The van der Waals surface area contributed by atoms with E-state index in [0.29, 0.717) is 5.69 Å². The number of nitrogens with zero attached hydrogens (tertiary/aromatic N) is 1. The Balaban J connectivity index is 2.14. The van der Waals surface area contributed by atoms with Gasteiger partial charge in [0.05, 0.1) is 24.2 Å². The average molecular weight is 228 g/mol. The summed E-state index contributed by atoms with van der Waals surface area (Å²) in [6.07, 6.45) is 2.68. The van der Waals surface area contributed by atoms with Gasteiger partial charge in [0.2, 0.25) is 0 Å². The van der Waals surface area contributed by atoms with E-state index >= 15 is 0 Å². The molecule has 0 aliphatic rings. The first-order valence-corrected chi connectivity index (χ1v) is 5.74. The van der Waals surface area contributed by atoms with Crippen LogP contribution in [0.25, 0.3) is 11.3 Å². The van der Waals surface area contributed by atoms with Crippen molar-refractivity contribution < 1.29 is 4.74 Å². The van der Waals surface area contributed by atoms with Gasteiger partial charge in [-0.15, -0.1) is 0 Å². The van der Waals surface area contributed by atoms with E-state index in [4.69, 9.17) is 10.5 Å². The Morgan fingerprint density at radius 1 is 1.12 bits per heavy atom. The number of anilines is 1. The van der Waals surface area contributed by atoms with Crippen molar-refractivity contribution >= 4 is 5.69 Å². The molecule has 1 heterocycles. The SMILES string of the molecule is CCCOc1ccc(-c2ccc(N)cn2)cc1. The molecule has 3 nitrogen and oxygen atoms in total. The highest BCUT2D eigenvalue weighted by Gasteiger charge is 1.99. The van der Waals surface area contributed by atoms with Crippen molar-refractivity contribution in [3.05, 3.63) is 42.6 Å². The molecule has 88 valence electrons. The molecule has 3 heteroatoms. The lowest BCUT2D eigenvalue weighted by Crippen LogP contribution is -1.94. The van der Waals surface area contributed by atoms with Gasteiger partial charge in [-0.3, -0.25) is 4.98 Å². The van der Waals surface area contributed by atoms with Crippen molar-refractivity contribution in [1.29, 1.82) is 0 Å². The highest BCUT2D eigenvalue weighted by atomic mass is 16.5. The van der Waals surface area contributed by atoms with Crippen LogP contribution in [0.4, 0.5) is 5.69 Å². The number of hydrogen-bond acceptors (Lipinski definition) is 3. The third-order valence-electron chi connectivity index (χ3n) is 2.41. The second kappa shape index (κ2) is 5.34. The second-order valence-electron chi connectivity index (χ2n) is 3.85. The van der Waals surface area contributed by atoms with E-state index in [0.717, 1.165) is 30.0 Å². The number of aromatic nitrogens is 1. The zero-order chi connectivity index (χ0) is 12.1. The number of ether oxygens (including phenoxy) is 1. The smallest absolute Gasteiger partial charge is 0.119 e. The fourth-order valence-corrected chi connectivity index (χ4v) is 1.52. The summed E-state index contributed by atoms with van der Waals surface area (Å²) in [7, 11) is 0. The highest BCUT2D eigenvalue weighted by Crippen LogP contribution is 2.21. The van der Waals surface area contributed by atoms with Gasteiger partial charge >= 0.3 is 0 Å². The number of nitrogen functional groups attached to an aromatic ring is 1. The maximum Gasteiger partial charge on any atom is 0.119 e. The van der Waals surface area contributed by atoms with Crippen molar-refractivity contribution in [3.8, 4) is 17.0 Å². The van der Waals surface area contributed by atoms with Gasteiger partial charge in [0.15, 0.2) is 0 Å². The minimum Gasteiger partial charge on any atom is -0.494 e. The van der Waals surface area contributed by atoms with Gasteiger partial charge in [0.25, 0.3) is 0 Å². The molecule has 1 aromatic heterocycles. The molecular formula is C14H16N2O. The van der Waals surface area contributed by atoms with Crippen molar-refractivity contribution in [3.63, 3.8) is 0 Å². The van der Waals surface area contributed by atoms with Gasteiger partial charge in [-0.05, 0) is 42.8 Å². The molecule has 17 heavy (non-hydrogen) atoms. The van der Waals surface area contributed by atoms with Crippen LogP contribution in [0, 0.1) is 0 Å². The minimum atomic E-state index is 0.677. The quantitative estimate of drug-likeness (QED) is 0.874. The maximum atomic E-state index is 5.60. The third-order valence-corrected chi connectivity index (χ3v) is 2.41. The molecule has 0 amide bonds. The van der Waals surface area contributed by atoms with E-state index in [1.54, 1.807) is 6.20 Å². The summed E-state index contributed by atoms with van der Waals surface area (Å²) < 4.78 is 5.52. The van der Waals surface area contributed by atoms with Crippen molar-refractivity contribution in [1.82, 2.24) is 4.98 Å². The number of benzene rings is 1. The molecule has 0 saturated heterocycles. The van der Waals surface area contributed by atoms with Gasteiger partial charge < -0.3 is 10.5 Å². The van der Waals surface area contributed by atoms with Gasteiger partial charge in [-0.25, -0.2) is 0 Å². The summed E-state index contributed by atoms with van der Waals surface area (Å²) >= 11 is 0. The fourth-order valence-electron chi connectivity index (χ4n) is 1.52. The Kier molecular flexibility index (Phi) is 3.60. The molecule has 0 bridgehead atoms. The van der Waals surface area contributed by atoms with Crippen LogP contribution in [0.1, 0.15) is 13.3 Å². The zero-order valence-electron chi connectivity index (χ0n) is 9.89. The number of nitrogens with two attached hydrogens (primary N) is 1. The van der Waals surface area contributed by atoms with E-state index in [1.165, 1.54) is 0 Å². The first-order chi connectivity index (χ1) is 8.29. The van der Waals surface area contributed by atoms with Crippen LogP contribution in [-0.4, -0.2) is 11.6 Å². The first kappa shape index (κ1) is 11.5. The third kappa shape index (κ3) is 2.97. The van der Waals surface area contributed by atoms with Gasteiger partial charge in [-0.1, -0.05) is 6.92 Å². The molecule has 0 unspecified atom stereocenters. The van der Waals surface area contributed by atoms with E-state index in [2.05, 4.69) is 11.9 Å². The standard InChI is InChI=1S/C14H16N2O/c1-2-9-17-13-6-3-11(4-7-13)14-8-5-12(15)10-16-14/h3-8,10H,2,9,15H2,1H3. The van der Waals surface area contributed by atoms with Crippen LogP contribution < -0.4 is 10.5 Å². The van der Waals surface area contributed by atoms with Crippen LogP contribution >= 0.6 is 0 Å². The lowest BCUT2D eigenvalue weighted by Gasteiger charge is -2.05. The predicted octanol–water partition coefficient (Wildman–Crippen LogP) is 3.12. The van der Waals surface area contributed by atoms with Gasteiger partial charge in [-0.2, -0.15) is 0 Å². The average Bonchev–Trinajstić information content (AvgIpc) is 2.38. The number of hydrogen-bond donors (Lipinski definition) is 1. The molecule has 2 rings (SSSR count). The van der Waals surface area contributed by atoms with E-state index in [-0.39, 0.29) is 0 Å². The Morgan fingerprint density at radius 2 is 1.88 bits per heavy atom. The summed E-state index contributed by atoms with van der Waals surface area (Å²) in [5.41, 5.74) is 8.26. The Labute approximate surface area is 101 Å². The van der Waals surface area contributed by atoms with Gasteiger partial charge in [0.1, 0.15) is 5.75 Å². The fraction of sp³-hybridized carbons (Fsp3) is 0.214. The highest BCUT2D eigenvalue weighted by molar-refractivity contribution is 5.61. The predicted molar refractivity (Wildman–Crippen MR) is 69.9 cm³/mol. The minimum absolute atomic E-state index is 0.677. The van der Waals surface area contributed by atoms with Crippen LogP contribution in [-0.2, 0) is 0 Å². The molecule has 0 aliphatic carbocycles. The van der Waals surface area contributed by atoms with E-state index in [9.17, 15) is 0 Å². The largest absolute Gasteiger partial charge is 0.494 e. The Bertz CT molecular complexity index is 463. The molecule has 0 spiro atoms. The van der Waals surface area contributed by atoms with Crippen LogP contribution in [0.2, 0.25) is 0 Å². The Morgan fingerprint density at radius 3 is 2.47 bits per heavy atom. The molecule has 0 saturated carbocycles. The number of pyridine rings is 1. The van der Waals surface area contributed by atoms with E-state index in [1.807, 2.05) is 36.4 Å². The summed E-state index contributed by atoms with van der Waals surface area (Å²) in [5.74, 6) is 0.894. The Hall–Kier alpha value is -2.03. The second-order valence-corrected chi connectivity index (χ2v) is 3.85. The van der Waals surface area contributed by atoms with Crippen LogP contribution in [0.3, 0.4) is 0 Å². The van der Waals surface area contributed by atoms with E-state index < -0.39 is 0 Å². The summed E-state index contributed by atoms with van der Waals surface area (Å²) in [6.45, 7) is 2.84. The summed E-state index contributed by atoms with van der Waals surface area (Å²) in [5, 5.41) is 0. The first-order valence-electron chi connectivity index (χ1n) is 5.74. The van der Waals surface area contributed by atoms with Crippen molar-refractivity contribution in [2.45, 2.75) is 13.3 Å². The van der Waals surface area contributed by atoms with Crippen LogP contribution in [0.15, 0.2) is 42.6 Å². The molecule has 2 N–H and O–H groups in total. The number of rotatable bonds is 4. The molecule has 0 aliphatic heterocycles. The topological polar surface area (TPSA) is 48.1 Å². The molecule has 0 fully saturated rings. The molecule has 2 aromatic rings. The molecule has 1 aromatic carbocycles. The summed E-state index contributed by atoms with van der Waals surface area (Å²) in [4.78, 5) is 4.27. The molecule has 0 atom stereocenters. The lowest BCUT2D eigenvalue weighted by molar-refractivity contribution is 0.317.